The van der Waals surface area contributed by atoms with Crippen molar-refractivity contribution in [3.05, 3.63) is 70.2 Å². The molecule has 9 heteroatoms. The van der Waals surface area contributed by atoms with Crippen LogP contribution in [0.5, 0.6) is 0 Å². The minimum absolute atomic E-state index is 0.0900. The van der Waals surface area contributed by atoms with Crippen molar-refractivity contribution >= 4 is 34.2 Å². The van der Waals surface area contributed by atoms with Gasteiger partial charge in [-0.05, 0) is 38.1 Å². The minimum Gasteiger partial charge on any atom is -0.461 e. The molecule has 0 aliphatic rings. The van der Waals surface area contributed by atoms with Gasteiger partial charge in [-0.15, -0.1) is 0 Å². The molecule has 156 valence electrons. The molecular formula is C22H17ClFN5O2. The molecule has 0 atom stereocenters. The molecule has 7 nitrogen and oxygen atoms in total. The first kappa shape index (κ1) is 20.6. The minimum atomic E-state index is -0.664. The number of hydrogen-bond donors (Lipinski definition) is 0. The fraction of sp³-hybridized carbons (Fsp3) is 0.182. The van der Waals surface area contributed by atoms with Crippen LogP contribution in [0.4, 0.5) is 10.1 Å². The second kappa shape index (κ2) is 7.85. The Balaban J connectivity index is 1.98. The number of aryl methyl sites for hydroxylation is 1. The Labute approximate surface area is 182 Å². The van der Waals surface area contributed by atoms with E-state index in [4.69, 9.17) is 22.9 Å². The smallest absolute Gasteiger partial charge is 0.358 e. The number of carbonyl (C=O) groups excluding carboxylic acids is 1. The molecule has 31 heavy (non-hydrogen) atoms. The molecular weight excluding hydrogens is 421 g/mol. The van der Waals surface area contributed by atoms with Gasteiger partial charge in [0.2, 0.25) is 5.69 Å². The molecule has 0 fully saturated rings. The lowest BCUT2D eigenvalue weighted by Gasteiger charge is -2.11. The highest BCUT2D eigenvalue weighted by molar-refractivity contribution is 6.34. The fourth-order valence-corrected chi connectivity index (χ4v) is 3.63. The van der Waals surface area contributed by atoms with Gasteiger partial charge in [0.15, 0.2) is 5.69 Å². The molecule has 2 heterocycles. The zero-order chi connectivity index (χ0) is 22.3. The molecule has 4 rings (SSSR count). The van der Waals surface area contributed by atoms with Crippen LogP contribution in [0.15, 0.2) is 36.4 Å². The summed E-state index contributed by atoms with van der Waals surface area (Å²) in [6, 6.07) is 9.68. The van der Waals surface area contributed by atoms with E-state index in [0.29, 0.717) is 33.4 Å². The highest BCUT2D eigenvalue weighted by atomic mass is 35.5. The topological polar surface area (TPSA) is 66.3 Å². The second-order valence-corrected chi connectivity index (χ2v) is 7.18. The van der Waals surface area contributed by atoms with Crippen LogP contribution in [0.3, 0.4) is 0 Å². The van der Waals surface area contributed by atoms with Crippen molar-refractivity contribution in [2.24, 2.45) is 7.05 Å². The van der Waals surface area contributed by atoms with Crippen molar-refractivity contribution < 1.29 is 13.9 Å². The molecule has 0 unspecified atom stereocenters. The van der Waals surface area contributed by atoms with Gasteiger partial charge in [0.1, 0.15) is 16.8 Å². The standard InChI is InChI=1S/C22H17ClFN5O2/c1-5-31-22(30)19-12(2)29(14-7-9-17-15(11-14)20(23)28(4)27-17)21(26-19)13-6-8-18(25-3)16(24)10-13/h6-11H,5H2,1-2,4H3. The van der Waals surface area contributed by atoms with Gasteiger partial charge in [0.25, 0.3) is 0 Å². The lowest BCUT2D eigenvalue weighted by atomic mass is 10.1. The monoisotopic (exact) mass is 437 g/mol. The van der Waals surface area contributed by atoms with E-state index in [9.17, 15) is 9.18 Å². The summed E-state index contributed by atoms with van der Waals surface area (Å²) in [5.74, 6) is -0.891. The van der Waals surface area contributed by atoms with Crippen LogP contribution < -0.4 is 0 Å². The zero-order valence-corrected chi connectivity index (χ0v) is 17.7. The summed E-state index contributed by atoms with van der Waals surface area (Å²) < 4.78 is 22.8. The van der Waals surface area contributed by atoms with Crippen molar-refractivity contribution in [1.82, 2.24) is 19.3 Å². The number of aromatic nitrogens is 4. The van der Waals surface area contributed by atoms with E-state index in [-0.39, 0.29) is 18.0 Å². The van der Waals surface area contributed by atoms with E-state index in [1.165, 1.54) is 12.1 Å². The van der Waals surface area contributed by atoms with E-state index in [0.717, 1.165) is 5.39 Å². The highest BCUT2D eigenvalue weighted by Gasteiger charge is 2.23. The van der Waals surface area contributed by atoms with E-state index in [1.807, 2.05) is 18.2 Å². The first-order valence-corrected chi connectivity index (χ1v) is 9.80. The zero-order valence-electron chi connectivity index (χ0n) is 17.0. The molecule has 0 aliphatic carbocycles. The van der Waals surface area contributed by atoms with Crippen molar-refractivity contribution in [2.45, 2.75) is 13.8 Å². The molecule has 0 aliphatic heterocycles. The van der Waals surface area contributed by atoms with Crippen molar-refractivity contribution in [2.75, 3.05) is 6.61 Å². The predicted molar refractivity (Wildman–Crippen MR) is 115 cm³/mol. The number of benzene rings is 2. The van der Waals surface area contributed by atoms with Crippen LogP contribution in [-0.4, -0.2) is 31.9 Å². The summed E-state index contributed by atoms with van der Waals surface area (Å²) in [6.07, 6.45) is 0. The van der Waals surface area contributed by atoms with Gasteiger partial charge in [-0.3, -0.25) is 9.25 Å². The molecule has 0 radical (unpaired) electrons. The average molecular weight is 438 g/mol. The molecule has 0 saturated carbocycles. The van der Waals surface area contributed by atoms with Crippen molar-refractivity contribution in [1.29, 1.82) is 0 Å². The van der Waals surface area contributed by atoms with Crippen LogP contribution in [0.2, 0.25) is 5.15 Å². The Kier molecular flexibility index (Phi) is 5.21. The SMILES string of the molecule is [C-]#[N+]c1ccc(-c2nc(C(=O)OCC)c(C)n2-c2ccc3nn(C)c(Cl)c3c2)cc1F. The van der Waals surface area contributed by atoms with Gasteiger partial charge in [0, 0.05) is 23.7 Å². The maximum Gasteiger partial charge on any atom is 0.358 e. The van der Waals surface area contributed by atoms with Gasteiger partial charge >= 0.3 is 5.97 Å². The molecule has 2 aromatic heterocycles. The summed E-state index contributed by atoms with van der Waals surface area (Å²) in [5.41, 5.74) is 2.38. The number of nitrogens with zero attached hydrogens (tertiary/aromatic N) is 5. The molecule has 0 N–H and O–H groups in total. The molecule has 0 bridgehead atoms. The Morgan fingerprint density at radius 3 is 2.74 bits per heavy atom. The first-order chi connectivity index (χ1) is 14.8. The van der Waals surface area contributed by atoms with Crippen LogP contribution in [0, 0.1) is 19.3 Å². The van der Waals surface area contributed by atoms with Crippen LogP contribution in [0.25, 0.3) is 32.8 Å². The second-order valence-electron chi connectivity index (χ2n) is 6.82. The number of ether oxygens (including phenoxy) is 1. The molecule has 0 saturated heterocycles. The number of halogens is 2. The van der Waals surface area contributed by atoms with E-state index >= 15 is 0 Å². The van der Waals surface area contributed by atoms with Crippen LogP contribution in [0.1, 0.15) is 23.1 Å². The Bertz CT molecular complexity index is 1380. The van der Waals surface area contributed by atoms with Gasteiger partial charge < -0.3 is 4.74 Å². The van der Waals surface area contributed by atoms with Gasteiger partial charge in [-0.1, -0.05) is 23.7 Å². The van der Waals surface area contributed by atoms with Gasteiger partial charge in [0.05, 0.1) is 24.4 Å². The van der Waals surface area contributed by atoms with Crippen LogP contribution >= 0.6 is 11.6 Å². The molecule has 4 aromatic rings. The molecule has 0 spiro atoms. The number of fused-ring (bicyclic) bond motifs is 1. The van der Waals surface area contributed by atoms with E-state index in [1.54, 1.807) is 36.2 Å². The summed E-state index contributed by atoms with van der Waals surface area (Å²) in [5, 5.41) is 5.54. The third-order valence-corrected chi connectivity index (χ3v) is 5.35. The summed E-state index contributed by atoms with van der Waals surface area (Å²) in [7, 11) is 1.75. The third kappa shape index (κ3) is 3.43. The predicted octanol–water partition coefficient (Wildman–Crippen LogP) is 5.25. The van der Waals surface area contributed by atoms with Crippen LogP contribution in [-0.2, 0) is 11.8 Å². The Morgan fingerprint density at radius 2 is 2.06 bits per heavy atom. The first-order valence-electron chi connectivity index (χ1n) is 9.42. The Hall–Kier alpha value is -3.70. The molecule has 2 aromatic carbocycles. The average Bonchev–Trinajstić information content (AvgIpc) is 3.24. The maximum atomic E-state index is 14.4. The number of imidazole rings is 1. The summed E-state index contributed by atoms with van der Waals surface area (Å²) in [6.45, 7) is 10.7. The van der Waals surface area contributed by atoms with Crippen molar-refractivity contribution in [3.8, 4) is 17.1 Å². The summed E-state index contributed by atoms with van der Waals surface area (Å²) >= 11 is 6.37. The Morgan fingerprint density at radius 1 is 1.29 bits per heavy atom. The number of esters is 1. The number of hydrogen-bond acceptors (Lipinski definition) is 4. The number of carbonyl (C=O) groups is 1. The number of rotatable bonds is 4. The lowest BCUT2D eigenvalue weighted by molar-refractivity contribution is 0.0519. The quantitative estimate of drug-likeness (QED) is 0.323. The van der Waals surface area contributed by atoms with E-state index in [2.05, 4.69) is 14.9 Å². The largest absolute Gasteiger partial charge is 0.461 e. The lowest BCUT2D eigenvalue weighted by Crippen LogP contribution is -2.07. The van der Waals surface area contributed by atoms with Gasteiger partial charge in [-0.2, -0.15) is 5.10 Å². The highest BCUT2D eigenvalue weighted by Crippen LogP contribution is 2.32. The summed E-state index contributed by atoms with van der Waals surface area (Å²) in [4.78, 5) is 20.1. The molecule has 0 amide bonds. The third-order valence-electron chi connectivity index (χ3n) is 4.91. The normalized spacial score (nSPS) is 11.0. The van der Waals surface area contributed by atoms with Crippen molar-refractivity contribution in [3.63, 3.8) is 0 Å². The van der Waals surface area contributed by atoms with E-state index < -0.39 is 11.8 Å². The fourth-order valence-electron chi connectivity index (χ4n) is 3.44. The van der Waals surface area contributed by atoms with Gasteiger partial charge in [-0.25, -0.2) is 19.0 Å². The maximum absolute atomic E-state index is 14.4.